The van der Waals surface area contributed by atoms with Gasteiger partial charge in [-0.25, -0.2) is 0 Å². The first-order valence-electron chi connectivity index (χ1n) is 23.1. The molecule has 3 saturated carbocycles. The molecule has 16 heteroatoms. The first-order valence-corrected chi connectivity index (χ1v) is 23.1. The second kappa shape index (κ2) is 20.7. The summed E-state index contributed by atoms with van der Waals surface area (Å²) in [7, 11) is -0.656. The van der Waals surface area contributed by atoms with Gasteiger partial charge >= 0.3 is 7.12 Å². The Hall–Kier alpha value is -4.35. The number of aliphatic hydroxyl groups is 1. The van der Waals surface area contributed by atoms with Crippen LogP contribution in [-0.4, -0.2) is 108 Å². The lowest BCUT2D eigenvalue weighted by Gasteiger charge is -2.64. The van der Waals surface area contributed by atoms with Crippen molar-refractivity contribution in [2.45, 2.75) is 148 Å². The maximum atomic E-state index is 13.6. The van der Waals surface area contributed by atoms with Crippen molar-refractivity contribution in [3.8, 4) is 11.1 Å². The standard InChI is InChI=1S/C47H70BN7O8/c1-7-8-11-30-13-15-31(16-14-30)32-17-19-34(20-18-32)45(61)55-24-21-33(22-25-55)41(57)53-39(28(2)56)43(59)54-40(50)44(60)52-36(12-9-10-23-49)42(58)51-29(3)48-62-38-27-35-26-37(46(35,4)5)47(38,6)63-48/h13-20,28-29,33,35-40,56H,7-12,21-27,49-50H2,1-6H3,(H,51,58)(H,52,60)(H,53,57)(H,54,59)/t28-,29+,35+,36+,37+,38?,39+,40-,47+/m1/s1. The highest BCUT2D eigenvalue weighted by molar-refractivity contribution is 6.47. The van der Waals surface area contributed by atoms with Gasteiger partial charge in [0.15, 0.2) is 6.17 Å². The van der Waals surface area contributed by atoms with E-state index in [4.69, 9.17) is 20.8 Å². The van der Waals surface area contributed by atoms with Gasteiger partial charge in [-0.2, -0.15) is 0 Å². The van der Waals surface area contributed by atoms with Crippen molar-refractivity contribution in [3.05, 3.63) is 59.7 Å². The van der Waals surface area contributed by atoms with Gasteiger partial charge in [-0.15, -0.1) is 0 Å². The van der Waals surface area contributed by atoms with Gasteiger partial charge in [-0.05, 0) is 131 Å². The van der Waals surface area contributed by atoms with Crippen LogP contribution in [-0.2, 0) is 34.9 Å². The van der Waals surface area contributed by atoms with E-state index in [0.29, 0.717) is 62.7 Å². The molecule has 63 heavy (non-hydrogen) atoms. The number of piperidine rings is 1. The van der Waals surface area contributed by atoms with Crippen molar-refractivity contribution >= 4 is 36.7 Å². The second-order valence-corrected chi connectivity index (χ2v) is 19.1. The summed E-state index contributed by atoms with van der Waals surface area (Å²) >= 11 is 0. The third-order valence-corrected chi connectivity index (χ3v) is 14.4. The van der Waals surface area contributed by atoms with Crippen LogP contribution in [0.5, 0.6) is 0 Å². The molecular weight excluding hydrogens is 801 g/mol. The average molecular weight is 872 g/mol. The summed E-state index contributed by atoms with van der Waals surface area (Å²) < 4.78 is 12.9. The average Bonchev–Trinajstić information content (AvgIpc) is 3.64. The minimum Gasteiger partial charge on any atom is -0.404 e. The molecule has 1 unspecified atom stereocenters. The van der Waals surface area contributed by atoms with Gasteiger partial charge in [-0.1, -0.05) is 63.6 Å². The number of rotatable bonds is 19. The molecule has 2 heterocycles. The molecule has 9 atom stereocenters. The number of aryl methyl sites for hydroxylation is 1. The maximum absolute atomic E-state index is 13.6. The molecule has 5 aliphatic rings. The summed E-state index contributed by atoms with van der Waals surface area (Å²) in [6.45, 7) is 13.1. The number of benzene rings is 2. The van der Waals surface area contributed by atoms with E-state index < -0.39 is 72.6 Å². The molecule has 15 nitrogen and oxygen atoms in total. The van der Waals surface area contributed by atoms with E-state index in [1.54, 1.807) is 4.90 Å². The van der Waals surface area contributed by atoms with Crippen molar-refractivity contribution in [2.24, 2.45) is 34.6 Å². The smallest absolute Gasteiger partial charge is 0.404 e. The molecule has 2 saturated heterocycles. The molecule has 2 aliphatic heterocycles. The van der Waals surface area contributed by atoms with Gasteiger partial charge in [0.1, 0.15) is 12.1 Å². The molecule has 344 valence electrons. The van der Waals surface area contributed by atoms with Gasteiger partial charge in [-0.3, -0.25) is 24.0 Å². The third kappa shape index (κ3) is 11.0. The Labute approximate surface area is 373 Å². The molecule has 5 fully saturated rings. The van der Waals surface area contributed by atoms with E-state index in [1.165, 1.54) is 12.5 Å². The Morgan fingerprint density at radius 3 is 2.11 bits per heavy atom. The first-order chi connectivity index (χ1) is 30.0. The summed E-state index contributed by atoms with van der Waals surface area (Å²) in [6, 6.07) is 13.6. The fraction of sp³-hybridized carbons (Fsp3) is 0.638. The summed E-state index contributed by atoms with van der Waals surface area (Å²) in [4.78, 5) is 68.9. The zero-order chi connectivity index (χ0) is 45.6. The number of carbonyl (C=O) groups excluding carboxylic acids is 5. The number of hydrogen-bond acceptors (Lipinski definition) is 10. The quantitative estimate of drug-likeness (QED) is 0.0620. The molecule has 0 radical (unpaired) electrons. The number of nitrogens with one attached hydrogen (secondary N) is 4. The lowest BCUT2D eigenvalue weighted by atomic mass is 9.43. The topological polar surface area (TPSA) is 227 Å². The van der Waals surface area contributed by atoms with Gasteiger partial charge < -0.3 is 52.0 Å². The van der Waals surface area contributed by atoms with E-state index >= 15 is 0 Å². The largest absolute Gasteiger partial charge is 0.481 e. The predicted octanol–water partition coefficient (Wildman–Crippen LogP) is 3.20. The summed E-state index contributed by atoms with van der Waals surface area (Å²) in [5.74, 6) is -2.82. The van der Waals surface area contributed by atoms with Crippen molar-refractivity contribution in [3.63, 3.8) is 0 Å². The van der Waals surface area contributed by atoms with E-state index in [9.17, 15) is 29.1 Å². The van der Waals surface area contributed by atoms with Crippen molar-refractivity contribution < 1.29 is 38.4 Å². The number of nitrogens with zero attached hydrogens (tertiary/aromatic N) is 1. The van der Waals surface area contributed by atoms with Crippen LogP contribution in [0.4, 0.5) is 0 Å². The van der Waals surface area contributed by atoms with Gasteiger partial charge in [0.2, 0.25) is 17.7 Å². The first kappa shape index (κ1) is 48.1. The zero-order valence-electron chi connectivity index (χ0n) is 38.0. The van der Waals surface area contributed by atoms with Crippen LogP contribution in [0, 0.1) is 23.2 Å². The zero-order valence-corrected chi connectivity index (χ0v) is 38.0. The van der Waals surface area contributed by atoms with Crippen molar-refractivity contribution in [1.82, 2.24) is 26.2 Å². The Morgan fingerprint density at radius 1 is 0.857 bits per heavy atom. The number of hydrogen-bond donors (Lipinski definition) is 7. The van der Waals surface area contributed by atoms with Crippen molar-refractivity contribution in [1.29, 1.82) is 0 Å². The maximum Gasteiger partial charge on any atom is 0.481 e. The number of unbranched alkanes of at least 4 members (excludes halogenated alkanes) is 2. The fourth-order valence-electron chi connectivity index (χ4n) is 10.1. The lowest BCUT2D eigenvalue weighted by molar-refractivity contribution is -0.199. The van der Waals surface area contributed by atoms with Crippen LogP contribution in [0.1, 0.15) is 115 Å². The lowest BCUT2D eigenvalue weighted by Crippen LogP contribution is -2.65. The van der Waals surface area contributed by atoms with Crippen LogP contribution < -0.4 is 32.7 Å². The number of carbonyl (C=O) groups is 5. The summed E-state index contributed by atoms with van der Waals surface area (Å²) in [5, 5.41) is 21.2. The van der Waals surface area contributed by atoms with Crippen LogP contribution in [0.3, 0.4) is 0 Å². The normalized spacial score (nSPS) is 25.1. The Balaban J connectivity index is 0.966. The van der Waals surface area contributed by atoms with Crippen LogP contribution in [0.25, 0.3) is 11.1 Å². The Kier molecular flexibility index (Phi) is 15.8. The van der Waals surface area contributed by atoms with E-state index in [-0.39, 0.29) is 23.8 Å². The molecule has 3 aliphatic carbocycles. The molecule has 0 spiro atoms. The minimum atomic E-state index is -1.60. The highest BCUT2D eigenvalue weighted by Gasteiger charge is 2.68. The van der Waals surface area contributed by atoms with Crippen LogP contribution >= 0.6 is 0 Å². The van der Waals surface area contributed by atoms with E-state index in [1.807, 2.05) is 31.2 Å². The molecular formula is C47H70BN7O8. The van der Waals surface area contributed by atoms with Gasteiger partial charge in [0, 0.05) is 24.6 Å². The molecule has 2 bridgehead atoms. The third-order valence-electron chi connectivity index (χ3n) is 14.4. The van der Waals surface area contributed by atoms with Crippen LogP contribution in [0.15, 0.2) is 48.5 Å². The number of likely N-dealkylation sites (tertiary alicyclic amines) is 1. The minimum absolute atomic E-state index is 0.0571. The summed E-state index contributed by atoms with van der Waals surface area (Å²) in [6.07, 6.45) is 4.55. The second-order valence-electron chi connectivity index (χ2n) is 19.1. The predicted molar refractivity (Wildman–Crippen MR) is 241 cm³/mol. The summed E-state index contributed by atoms with van der Waals surface area (Å²) in [5.41, 5.74) is 15.5. The van der Waals surface area contributed by atoms with Gasteiger partial charge in [0.05, 0.1) is 23.8 Å². The van der Waals surface area contributed by atoms with E-state index in [0.717, 1.165) is 43.2 Å². The molecule has 7 rings (SSSR count). The fourth-order valence-corrected chi connectivity index (χ4v) is 10.1. The number of nitrogens with two attached hydrogens (primary N) is 2. The SMILES string of the molecule is CCCCc1ccc(-c2ccc(C(=O)N3CCC(C(=O)N[C@H](C(=O)N[C@@H](N)C(=O)N[C@@H](CCCCN)C(=O)N[C@@H](C)B4OC5C[C@@H]6C[C@@H](C6(C)C)[C@]5(C)O4)[C@@H](C)O)CC3)cc2)cc1. The molecule has 0 aromatic heterocycles. The molecule has 9 N–H and O–H groups in total. The number of amides is 5. The van der Waals surface area contributed by atoms with Crippen LogP contribution in [0.2, 0.25) is 0 Å². The Morgan fingerprint density at radius 2 is 1.51 bits per heavy atom. The number of aliphatic hydroxyl groups excluding tert-OH is 1. The van der Waals surface area contributed by atoms with Gasteiger partial charge in [0.25, 0.3) is 11.8 Å². The highest BCUT2D eigenvalue weighted by atomic mass is 16.7. The molecule has 5 amide bonds. The highest BCUT2D eigenvalue weighted by Crippen LogP contribution is 2.65. The molecule has 2 aromatic rings. The monoisotopic (exact) mass is 872 g/mol. The molecule has 2 aromatic carbocycles. The van der Waals surface area contributed by atoms with Crippen molar-refractivity contribution in [2.75, 3.05) is 19.6 Å². The Bertz CT molecular complexity index is 1920. The van der Waals surface area contributed by atoms with E-state index in [2.05, 4.69) is 73.2 Å².